The molecule has 0 saturated heterocycles. The molecule has 0 N–H and O–H groups in total. The summed E-state index contributed by atoms with van der Waals surface area (Å²) in [7, 11) is 1.84. The van der Waals surface area contributed by atoms with Crippen molar-refractivity contribution >= 4 is 16.8 Å². The molecule has 1 aromatic heterocycles. The van der Waals surface area contributed by atoms with Crippen LogP contribution in [-0.4, -0.2) is 5.24 Å². The fourth-order valence-corrected chi connectivity index (χ4v) is 0.816. The predicted octanol–water partition coefficient (Wildman–Crippen LogP) is -2.11. The summed E-state index contributed by atoms with van der Waals surface area (Å²) in [6.45, 7) is 0. The number of carbonyl (C=O) groups excluding carboxylic acids is 1. The Morgan fingerprint density at radius 2 is 2.27 bits per heavy atom. The summed E-state index contributed by atoms with van der Waals surface area (Å²) in [4.78, 5) is 10.5. The van der Waals surface area contributed by atoms with Crippen molar-refractivity contribution in [3.63, 3.8) is 0 Å². The van der Waals surface area contributed by atoms with E-state index in [1.165, 1.54) is 0 Å². The van der Waals surface area contributed by atoms with Crippen molar-refractivity contribution < 1.29 is 21.8 Å². The minimum absolute atomic E-state index is 0. The lowest BCUT2D eigenvalue weighted by Crippen LogP contribution is -3.00. The first kappa shape index (κ1) is 10.4. The van der Waals surface area contributed by atoms with Crippen molar-refractivity contribution in [3.05, 3.63) is 30.1 Å². The fraction of sp³-hybridized carbons (Fsp3) is 0.143. The maximum Gasteiger partial charge on any atom is 0.258 e. The smallest absolute Gasteiger partial charge is 0.258 e. The molecule has 0 aliphatic carbocycles. The number of carbonyl (C=O) groups is 1. The van der Waals surface area contributed by atoms with Crippen LogP contribution in [0.5, 0.6) is 0 Å². The number of hydrogen-bond donors (Lipinski definition) is 0. The van der Waals surface area contributed by atoms with Gasteiger partial charge in [0.05, 0.1) is 5.56 Å². The molecule has 0 fully saturated rings. The Morgan fingerprint density at radius 1 is 1.64 bits per heavy atom. The highest BCUT2D eigenvalue weighted by atomic mass is 35.5. The lowest BCUT2D eigenvalue weighted by Gasteiger charge is -1.88. The molecule has 0 unspecified atom stereocenters. The Balaban J connectivity index is 0.000001000. The van der Waals surface area contributed by atoms with E-state index in [-0.39, 0.29) is 12.4 Å². The molecule has 60 valence electrons. The Labute approximate surface area is 76.2 Å². The van der Waals surface area contributed by atoms with E-state index in [9.17, 15) is 4.79 Å². The first-order valence-electron chi connectivity index (χ1n) is 2.85. The van der Waals surface area contributed by atoms with E-state index in [1.807, 2.05) is 13.2 Å². The molecule has 0 aromatic carbocycles. The van der Waals surface area contributed by atoms with Crippen molar-refractivity contribution in [3.8, 4) is 0 Å². The molecule has 1 aromatic rings. The van der Waals surface area contributed by atoms with Crippen LogP contribution >= 0.6 is 11.6 Å². The van der Waals surface area contributed by atoms with Gasteiger partial charge in [-0.2, -0.15) is 0 Å². The third-order valence-corrected chi connectivity index (χ3v) is 1.38. The summed E-state index contributed by atoms with van der Waals surface area (Å²) < 4.78 is 1.77. The number of pyridine rings is 1. The molecule has 0 saturated carbocycles. The van der Waals surface area contributed by atoms with Crippen LogP contribution in [0.4, 0.5) is 0 Å². The topological polar surface area (TPSA) is 20.9 Å². The minimum Gasteiger partial charge on any atom is -1.00 e. The van der Waals surface area contributed by atoms with Crippen molar-refractivity contribution in [2.75, 3.05) is 0 Å². The highest BCUT2D eigenvalue weighted by molar-refractivity contribution is 6.67. The highest BCUT2D eigenvalue weighted by Gasteiger charge is 2.03. The third-order valence-electron chi connectivity index (χ3n) is 1.17. The second-order valence-corrected chi connectivity index (χ2v) is 2.38. The van der Waals surface area contributed by atoms with Crippen molar-refractivity contribution in [1.82, 2.24) is 0 Å². The summed E-state index contributed by atoms with van der Waals surface area (Å²) >= 11 is 5.22. The van der Waals surface area contributed by atoms with Gasteiger partial charge in [-0.25, -0.2) is 4.57 Å². The molecule has 0 atom stereocenters. The van der Waals surface area contributed by atoms with Crippen molar-refractivity contribution in [2.24, 2.45) is 7.05 Å². The zero-order chi connectivity index (χ0) is 7.56. The lowest BCUT2D eigenvalue weighted by molar-refractivity contribution is -0.671. The largest absolute Gasteiger partial charge is 1.00 e. The number of hydrogen-bond acceptors (Lipinski definition) is 1. The Hall–Kier alpha value is -0.600. The Morgan fingerprint density at radius 3 is 2.64 bits per heavy atom. The van der Waals surface area contributed by atoms with E-state index in [2.05, 4.69) is 0 Å². The van der Waals surface area contributed by atoms with Crippen LogP contribution in [0.25, 0.3) is 0 Å². The molecule has 0 bridgehead atoms. The van der Waals surface area contributed by atoms with Gasteiger partial charge < -0.3 is 12.4 Å². The van der Waals surface area contributed by atoms with E-state index in [4.69, 9.17) is 11.6 Å². The average Bonchev–Trinajstić information content (AvgIpc) is 1.88. The van der Waals surface area contributed by atoms with E-state index < -0.39 is 5.24 Å². The van der Waals surface area contributed by atoms with Gasteiger partial charge in [0, 0.05) is 6.07 Å². The molecule has 1 heterocycles. The van der Waals surface area contributed by atoms with Gasteiger partial charge in [-0.15, -0.1) is 0 Å². The molecule has 0 spiro atoms. The van der Waals surface area contributed by atoms with Crippen LogP contribution in [0.15, 0.2) is 24.5 Å². The Kier molecular flexibility index (Phi) is 4.08. The lowest BCUT2D eigenvalue weighted by atomic mass is 10.3. The van der Waals surface area contributed by atoms with Gasteiger partial charge in [-0.05, 0) is 17.7 Å². The molecule has 2 nitrogen and oxygen atoms in total. The van der Waals surface area contributed by atoms with Crippen LogP contribution in [0.1, 0.15) is 10.4 Å². The molecular formula is C7H7Cl2NO. The average molecular weight is 192 g/mol. The van der Waals surface area contributed by atoms with Crippen molar-refractivity contribution in [2.45, 2.75) is 0 Å². The summed E-state index contributed by atoms with van der Waals surface area (Å²) in [6, 6.07) is 3.45. The number of rotatable bonds is 1. The third kappa shape index (κ3) is 2.87. The van der Waals surface area contributed by atoms with Gasteiger partial charge in [-0.1, -0.05) is 0 Å². The predicted molar refractivity (Wildman–Crippen MR) is 37.8 cm³/mol. The number of aryl methyl sites for hydroxylation is 1. The van der Waals surface area contributed by atoms with Crippen molar-refractivity contribution in [1.29, 1.82) is 0 Å². The van der Waals surface area contributed by atoms with Gasteiger partial charge in [0.15, 0.2) is 12.4 Å². The molecule has 0 aliphatic heterocycles. The number of aromatic nitrogens is 1. The summed E-state index contributed by atoms with van der Waals surface area (Å²) in [5, 5.41) is -0.420. The minimum atomic E-state index is -0.420. The van der Waals surface area contributed by atoms with Crippen LogP contribution in [-0.2, 0) is 7.05 Å². The number of halogens is 2. The van der Waals surface area contributed by atoms with E-state index in [0.717, 1.165) is 0 Å². The molecular weight excluding hydrogens is 185 g/mol. The summed E-state index contributed by atoms with van der Waals surface area (Å²) in [5.74, 6) is 0. The molecule has 0 amide bonds. The summed E-state index contributed by atoms with van der Waals surface area (Å²) in [5.41, 5.74) is 0.520. The first-order chi connectivity index (χ1) is 4.70. The normalized spacial score (nSPS) is 8.55. The van der Waals surface area contributed by atoms with Gasteiger partial charge in [-0.3, -0.25) is 4.79 Å². The quantitative estimate of drug-likeness (QED) is 0.368. The van der Waals surface area contributed by atoms with E-state index in [0.29, 0.717) is 5.56 Å². The van der Waals surface area contributed by atoms with Gasteiger partial charge in [0.25, 0.3) is 5.24 Å². The van der Waals surface area contributed by atoms with E-state index in [1.54, 1.807) is 22.9 Å². The summed E-state index contributed by atoms with van der Waals surface area (Å²) in [6.07, 6.45) is 3.51. The maximum atomic E-state index is 10.5. The number of nitrogens with zero attached hydrogens (tertiary/aromatic N) is 1. The van der Waals surface area contributed by atoms with Gasteiger partial charge in [0.1, 0.15) is 7.05 Å². The van der Waals surface area contributed by atoms with Gasteiger partial charge >= 0.3 is 0 Å². The monoisotopic (exact) mass is 191 g/mol. The second-order valence-electron chi connectivity index (χ2n) is 2.03. The molecule has 11 heavy (non-hydrogen) atoms. The molecule has 4 heteroatoms. The SMILES string of the molecule is C[n+]1cccc(C(=O)Cl)c1.[Cl-]. The second kappa shape index (κ2) is 4.31. The zero-order valence-corrected chi connectivity index (χ0v) is 7.43. The zero-order valence-electron chi connectivity index (χ0n) is 5.92. The highest BCUT2D eigenvalue weighted by Crippen LogP contribution is 1.98. The maximum absolute atomic E-state index is 10.5. The fourth-order valence-electron chi connectivity index (χ4n) is 0.704. The molecule has 0 radical (unpaired) electrons. The van der Waals surface area contributed by atoms with Gasteiger partial charge in [0.2, 0.25) is 0 Å². The van der Waals surface area contributed by atoms with Crippen LogP contribution in [0, 0.1) is 0 Å². The Bertz CT molecular complexity index is 262. The van der Waals surface area contributed by atoms with Crippen LogP contribution in [0.2, 0.25) is 0 Å². The van der Waals surface area contributed by atoms with Crippen LogP contribution in [0.3, 0.4) is 0 Å². The standard InChI is InChI=1S/C7H7ClNO.ClH/c1-9-4-2-3-6(5-9)7(8)10;/h2-5H,1H3;1H/q+1;/p-1. The molecule has 1 rings (SSSR count). The first-order valence-corrected chi connectivity index (χ1v) is 3.23. The van der Waals surface area contributed by atoms with Crippen LogP contribution < -0.4 is 17.0 Å². The molecule has 0 aliphatic rings. The van der Waals surface area contributed by atoms with E-state index >= 15 is 0 Å².